The van der Waals surface area contributed by atoms with E-state index in [-0.39, 0.29) is 0 Å². The van der Waals surface area contributed by atoms with Gasteiger partial charge in [0.05, 0.1) is 11.5 Å². The van der Waals surface area contributed by atoms with Crippen LogP contribution in [0.4, 0.5) is 0 Å². The van der Waals surface area contributed by atoms with Gasteiger partial charge in [-0.25, -0.2) is 0 Å². The van der Waals surface area contributed by atoms with Crippen LogP contribution in [-0.4, -0.2) is 12.9 Å². The van der Waals surface area contributed by atoms with E-state index in [0.717, 1.165) is 29.3 Å². The Hall–Kier alpha value is -0.830. The molecule has 90 valence electrons. The quantitative estimate of drug-likeness (QED) is 0.475. The molecule has 0 bridgehead atoms. The second-order valence-electron chi connectivity index (χ2n) is 3.89. The van der Waals surface area contributed by atoms with Crippen LogP contribution in [0.5, 0.6) is 5.06 Å². The maximum Gasteiger partial charge on any atom is 0.174 e. The highest BCUT2D eigenvalue weighted by molar-refractivity contribution is 7.15. The molecule has 1 rings (SSSR count). The molecular formula is C13H20O2S. The standard InChI is InChI=1S/C13H20O2S/c1-2-3-4-5-6-7-10-15-13-9-8-12(11-14)16-13/h8-9,11H,2-7,10H2,1H3. The van der Waals surface area contributed by atoms with Crippen LogP contribution in [-0.2, 0) is 0 Å². The number of hydrogen-bond donors (Lipinski definition) is 0. The van der Waals surface area contributed by atoms with Gasteiger partial charge in [-0.2, -0.15) is 0 Å². The van der Waals surface area contributed by atoms with E-state index in [1.54, 1.807) is 6.07 Å². The van der Waals surface area contributed by atoms with E-state index in [2.05, 4.69) is 6.92 Å². The van der Waals surface area contributed by atoms with Crippen molar-refractivity contribution in [3.63, 3.8) is 0 Å². The monoisotopic (exact) mass is 240 g/mol. The summed E-state index contributed by atoms with van der Waals surface area (Å²) in [5.74, 6) is 0. The minimum absolute atomic E-state index is 0.734. The molecule has 0 saturated heterocycles. The summed E-state index contributed by atoms with van der Waals surface area (Å²) in [5.41, 5.74) is 0. The molecule has 0 fully saturated rings. The van der Waals surface area contributed by atoms with Crippen molar-refractivity contribution in [2.75, 3.05) is 6.61 Å². The van der Waals surface area contributed by atoms with Crippen LogP contribution in [0.25, 0.3) is 0 Å². The smallest absolute Gasteiger partial charge is 0.174 e. The van der Waals surface area contributed by atoms with Gasteiger partial charge in [-0.3, -0.25) is 4.79 Å². The van der Waals surface area contributed by atoms with Gasteiger partial charge < -0.3 is 4.74 Å². The Morgan fingerprint density at radius 2 is 1.94 bits per heavy atom. The van der Waals surface area contributed by atoms with Gasteiger partial charge in [-0.15, -0.1) is 0 Å². The molecule has 0 N–H and O–H groups in total. The van der Waals surface area contributed by atoms with Crippen LogP contribution >= 0.6 is 11.3 Å². The molecule has 0 aliphatic carbocycles. The molecule has 1 aromatic heterocycles. The van der Waals surface area contributed by atoms with E-state index >= 15 is 0 Å². The van der Waals surface area contributed by atoms with Crippen LogP contribution in [0.3, 0.4) is 0 Å². The lowest BCUT2D eigenvalue weighted by Crippen LogP contribution is -1.95. The lowest BCUT2D eigenvalue weighted by Gasteiger charge is -2.02. The van der Waals surface area contributed by atoms with Crippen LogP contribution in [0.1, 0.15) is 55.1 Å². The Morgan fingerprint density at radius 3 is 2.62 bits per heavy atom. The molecule has 0 aromatic carbocycles. The number of unbranched alkanes of at least 4 members (excludes halogenated alkanes) is 5. The van der Waals surface area contributed by atoms with E-state index in [1.807, 2.05) is 6.07 Å². The molecule has 0 aliphatic rings. The first-order valence-corrected chi connectivity index (χ1v) is 6.86. The first-order valence-electron chi connectivity index (χ1n) is 6.04. The Labute approximate surface area is 102 Å². The maximum absolute atomic E-state index is 10.5. The van der Waals surface area contributed by atoms with Crippen LogP contribution < -0.4 is 4.74 Å². The molecule has 0 unspecified atom stereocenters. The topological polar surface area (TPSA) is 26.3 Å². The molecular weight excluding hydrogens is 220 g/mol. The lowest BCUT2D eigenvalue weighted by molar-refractivity contribution is 0.112. The summed E-state index contributed by atoms with van der Waals surface area (Å²) >= 11 is 1.41. The number of carbonyl (C=O) groups excluding carboxylic acids is 1. The van der Waals surface area contributed by atoms with Crippen molar-refractivity contribution in [3.05, 3.63) is 17.0 Å². The minimum atomic E-state index is 0.734. The fraction of sp³-hybridized carbons (Fsp3) is 0.615. The van der Waals surface area contributed by atoms with Gasteiger partial charge in [0.25, 0.3) is 0 Å². The number of ether oxygens (including phenoxy) is 1. The van der Waals surface area contributed by atoms with Crippen molar-refractivity contribution in [2.45, 2.75) is 45.4 Å². The minimum Gasteiger partial charge on any atom is -0.484 e. The van der Waals surface area contributed by atoms with Gasteiger partial charge in [0, 0.05) is 0 Å². The molecule has 0 radical (unpaired) electrons. The molecule has 16 heavy (non-hydrogen) atoms. The predicted octanol–water partition coefficient (Wildman–Crippen LogP) is 4.30. The normalized spacial score (nSPS) is 10.3. The number of thiophene rings is 1. The Kier molecular flexibility index (Phi) is 6.90. The van der Waals surface area contributed by atoms with E-state index in [4.69, 9.17) is 4.74 Å². The molecule has 0 aliphatic heterocycles. The maximum atomic E-state index is 10.5. The first-order chi connectivity index (χ1) is 7.86. The molecule has 0 amide bonds. The van der Waals surface area contributed by atoms with Crippen LogP contribution in [0, 0.1) is 0 Å². The fourth-order valence-electron chi connectivity index (χ4n) is 1.53. The van der Waals surface area contributed by atoms with E-state index < -0.39 is 0 Å². The van der Waals surface area contributed by atoms with Gasteiger partial charge in [-0.05, 0) is 18.6 Å². The van der Waals surface area contributed by atoms with Crippen molar-refractivity contribution in [2.24, 2.45) is 0 Å². The summed E-state index contributed by atoms with van der Waals surface area (Å²) in [7, 11) is 0. The molecule has 2 nitrogen and oxygen atoms in total. The SMILES string of the molecule is CCCCCCCCOc1ccc(C=O)s1. The third-order valence-electron chi connectivity index (χ3n) is 2.46. The number of aldehydes is 1. The second kappa shape index (κ2) is 8.34. The molecule has 3 heteroatoms. The summed E-state index contributed by atoms with van der Waals surface area (Å²) in [6, 6.07) is 3.67. The third kappa shape index (κ3) is 5.31. The number of carbonyl (C=O) groups is 1. The zero-order chi connectivity index (χ0) is 11.6. The highest BCUT2D eigenvalue weighted by Crippen LogP contribution is 2.23. The zero-order valence-electron chi connectivity index (χ0n) is 9.91. The molecule has 1 aromatic rings. The van der Waals surface area contributed by atoms with Crippen molar-refractivity contribution in [3.8, 4) is 5.06 Å². The summed E-state index contributed by atoms with van der Waals surface area (Å²) in [6.45, 7) is 3.00. The second-order valence-corrected chi connectivity index (χ2v) is 4.97. The summed E-state index contributed by atoms with van der Waals surface area (Å²) in [5, 5.41) is 0.857. The largest absolute Gasteiger partial charge is 0.484 e. The predicted molar refractivity (Wildman–Crippen MR) is 68.6 cm³/mol. The van der Waals surface area contributed by atoms with E-state index in [9.17, 15) is 4.79 Å². The average Bonchev–Trinajstić information content (AvgIpc) is 2.76. The lowest BCUT2D eigenvalue weighted by atomic mass is 10.1. The van der Waals surface area contributed by atoms with Crippen LogP contribution in [0.15, 0.2) is 12.1 Å². The third-order valence-corrected chi connectivity index (χ3v) is 3.38. The molecule has 0 atom stereocenters. The highest BCUT2D eigenvalue weighted by Gasteiger charge is 1.99. The zero-order valence-corrected chi connectivity index (χ0v) is 10.7. The van der Waals surface area contributed by atoms with Gasteiger partial charge >= 0.3 is 0 Å². The van der Waals surface area contributed by atoms with E-state index in [0.29, 0.717) is 0 Å². The number of rotatable bonds is 9. The average molecular weight is 240 g/mol. The molecule has 0 spiro atoms. The van der Waals surface area contributed by atoms with Gasteiger partial charge in [0.2, 0.25) is 0 Å². The molecule has 1 heterocycles. The summed E-state index contributed by atoms with van der Waals surface area (Å²) in [4.78, 5) is 11.2. The Bertz CT molecular complexity index is 294. The summed E-state index contributed by atoms with van der Waals surface area (Å²) in [6.07, 6.45) is 8.49. The van der Waals surface area contributed by atoms with E-state index in [1.165, 1.54) is 43.4 Å². The van der Waals surface area contributed by atoms with Crippen molar-refractivity contribution in [1.29, 1.82) is 0 Å². The van der Waals surface area contributed by atoms with Crippen molar-refractivity contribution in [1.82, 2.24) is 0 Å². The number of hydrogen-bond acceptors (Lipinski definition) is 3. The van der Waals surface area contributed by atoms with Crippen LogP contribution in [0.2, 0.25) is 0 Å². The van der Waals surface area contributed by atoms with Crippen molar-refractivity contribution < 1.29 is 9.53 Å². The van der Waals surface area contributed by atoms with Crippen molar-refractivity contribution >= 4 is 17.6 Å². The molecule has 0 saturated carbocycles. The fourth-order valence-corrected chi connectivity index (χ4v) is 2.23. The Balaban J connectivity index is 2.00. The van der Waals surface area contributed by atoms with Gasteiger partial charge in [0.15, 0.2) is 11.3 Å². The highest BCUT2D eigenvalue weighted by atomic mass is 32.1. The van der Waals surface area contributed by atoms with Gasteiger partial charge in [0.1, 0.15) is 0 Å². The Morgan fingerprint density at radius 1 is 1.19 bits per heavy atom. The first kappa shape index (κ1) is 13.2. The van der Waals surface area contributed by atoms with Gasteiger partial charge in [-0.1, -0.05) is 50.4 Å². The summed E-state index contributed by atoms with van der Waals surface area (Å²) < 4.78 is 5.55.